The second kappa shape index (κ2) is 6.64. The monoisotopic (exact) mass is 345 g/mol. The van der Waals surface area contributed by atoms with Crippen LogP contribution in [0.25, 0.3) is 0 Å². The third kappa shape index (κ3) is 2.77. The predicted octanol–water partition coefficient (Wildman–Crippen LogP) is 1.05. The van der Waals surface area contributed by atoms with Crippen LogP contribution >= 0.6 is 11.3 Å². The van der Waals surface area contributed by atoms with Gasteiger partial charge in [0.25, 0.3) is 5.91 Å². The van der Waals surface area contributed by atoms with E-state index in [9.17, 15) is 9.59 Å². The Labute approximate surface area is 144 Å². The van der Waals surface area contributed by atoms with E-state index in [1.54, 1.807) is 30.5 Å². The van der Waals surface area contributed by atoms with Gasteiger partial charge < -0.3 is 10.2 Å². The minimum atomic E-state index is -1.09. The molecule has 2 amide bonds. The largest absolute Gasteiger partial charge is 0.357 e. The highest BCUT2D eigenvalue weighted by Gasteiger charge is 2.51. The van der Waals surface area contributed by atoms with Crippen molar-refractivity contribution in [3.63, 3.8) is 0 Å². The number of likely N-dealkylation sites (N-methyl/N-ethyl adjacent to an activating group) is 1. The van der Waals surface area contributed by atoms with Crippen molar-refractivity contribution < 1.29 is 9.59 Å². The summed E-state index contributed by atoms with van der Waals surface area (Å²) in [5, 5.41) is 5.49. The van der Waals surface area contributed by atoms with Gasteiger partial charge in [0.15, 0.2) is 5.54 Å². The smallest absolute Gasteiger partial charge is 0.252 e. The molecule has 3 heterocycles. The maximum Gasteiger partial charge on any atom is 0.252 e. The van der Waals surface area contributed by atoms with E-state index in [0.29, 0.717) is 18.7 Å². The molecule has 7 nitrogen and oxygen atoms in total. The van der Waals surface area contributed by atoms with Crippen molar-refractivity contribution >= 4 is 23.2 Å². The van der Waals surface area contributed by atoms with E-state index in [2.05, 4.69) is 20.3 Å². The summed E-state index contributed by atoms with van der Waals surface area (Å²) in [6.45, 7) is 2.43. The Balaban J connectivity index is 1.95. The number of likely N-dealkylation sites (tertiary alicyclic amines) is 1. The lowest BCUT2D eigenvalue weighted by Gasteiger charge is -2.36. The van der Waals surface area contributed by atoms with Gasteiger partial charge in [-0.25, -0.2) is 4.98 Å². The number of carbonyl (C=O) groups excluding carboxylic acids is 2. The zero-order chi connectivity index (χ0) is 17.2. The Hall–Kier alpha value is -2.35. The van der Waals surface area contributed by atoms with Crippen LogP contribution in [0.2, 0.25) is 0 Å². The summed E-state index contributed by atoms with van der Waals surface area (Å²) in [4.78, 5) is 40.0. The number of hydrogen-bond donors (Lipinski definition) is 1. The average Bonchev–Trinajstić information content (AvgIpc) is 3.22. The number of hydrogen-bond acceptors (Lipinski definition) is 6. The van der Waals surface area contributed by atoms with Gasteiger partial charge in [0.05, 0.1) is 29.0 Å². The number of nitrogens with zero attached hydrogens (tertiary/aromatic N) is 4. The van der Waals surface area contributed by atoms with E-state index >= 15 is 0 Å². The number of thiazole rings is 1. The molecular weight excluding hydrogens is 326 g/mol. The zero-order valence-corrected chi connectivity index (χ0v) is 14.5. The van der Waals surface area contributed by atoms with Crippen molar-refractivity contribution in [2.45, 2.75) is 31.7 Å². The van der Waals surface area contributed by atoms with Crippen LogP contribution in [-0.4, -0.2) is 45.3 Å². The first-order valence-electron chi connectivity index (χ1n) is 7.78. The molecule has 24 heavy (non-hydrogen) atoms. The molecule has 1 N–H and O–H groups in total. The average molecular weight is 345 g/mol. The number of amides is 2. The first-order valence-corrected chi connectivity index (χ1v) is 8.66. The van der Waals surface area contributed by atoms with E-state index in [4.69, 9.17) is 0 Å². The van der Waals surface area contributed by atoms with Gasteiger partial charge in [-0.1, -0.05) is 0 Å². The number of rotatable bonds is 4. The van der Waals surface area contributed by atoms with Gasteiger partial charge >= 0.3 is 0 Å². The van der Waals surface area contributed by atoms with Crippen LogP contribution in [0.15, 0.2) is 24.0 Å². The molecule has 1 aliphatic rings. The number of carbonyl (C=O) groups is 2. The molecule has 0 aromatic carbocycles. The molecular formula is C16H19N5O2S. The van der Waals surface area contributed by atoms with Gasteiger partial charge in [-0.2, -0.15) is 0 Å². The fourth-order valence-corrected chi connectivity index (χ4v) is 3.85. The molecule has 2 aromatic rings. The van der Waals surface area contributed by atoms with Gasteiger partial charge in [0.2, 0.25) is 5.91 Å². The van der Waals surface area contributed by atoms with Crippen LogP contribution in [0, 0.1) is 6.92 Å². The lowest BCUT2D eigenvalue weighted by molar-refractivity contribution is -0.145. The molecule has 0 spiro atoms. The SMILES string of the molecule is CNC(=O)[C@@]1(c2cnccn2)CCCN1C(=O)Cc1csc(C)n1. The summed E-state index contributed by atoms with van der Waals surface area (Å²) in [5.74, 6) is -0.352. The molecule has 126 valence electrons. The fourth-order valence-electron chi connectivity index (χ4n) is 3.23. The van der Waals surface area contributed by atoms with Crippen molar-refractivity contribution in [3.05, 3.63) is 40.4 Å². The Morgan fingerprint density at radius 1 is 1.42 bits per heavy atom. The van der Waals surface area contributed by atoms with Gasteiger partial charge in [-0.15, -0.1) is 11.3 Å². The molecule has 1 atom stereocenters. The van der Waals surface area contributed by atoms with Crippen molar-refractivity contribution in [2.75, 3.05) is 13.6 Å². The Kier molecular flexibility index (Phi) is 4.57. The topological polar surface area (TPSA) is 88.1 Å². The molecule has 0 radical (unpaired) electrons. The van der Waals surface area contributed by atoms with Crippen LogP contribution in [0.4, 0.5) is 0 Å². The highest BCUT2D eigenvalue weighted by Crippen LogP contribution is 2.38. The second-order valence-corrected chi connectivity index (χ2v) is 6.78. The molecule has 3 rings (SSSR count). The lowest BCUT2D eigenvalue weighted by Crippen LogP contribution is -2.55. The maximum absolute atomic E-state index is 12.9. The normalized spacial score (nSPS) is 20.2. The minimum Gasteiger partial charge on any atom is -0.357 e. The molecule has 1 aliphatic heterocycles. The quantitative estimate of drug-likeness (QED) is 0.895. The molecule has 0 saturated carbocycles. The van der Waals surface area contributed by atoms with Crippen LogP contribution in [-0.2, 0) is 21.5 Å². The maximum atomic E-state index is 12.9. The predicted molar refractivity (Wildman–Crippen MR) is 89.3 cm³/mol. The molecule has 0 aliphatic carbocycles. The van der Waals surface area contributed by atoms with Crippen molar-refractivity contribution in [1.82, 2.24) is 25.2 Å². The van der Waals surface area contributed by atoms with Crippen LogP contribution < -0.4 is 5.32 Å². The van der Waals surface area contributed by atoms with Gasteiger partial charge in [0, 0.05) is 31.4 Å². The summed E-state index contributed by atoms with van der Waals surface area (Å²) >= 11 is 1.51. The van der Waals surface area contributed by atoms with Crippen LogP contribution in [0.1, 0.15) is 29.2 Å². The summed E-state index contributed by atoms with van der Waals surface area (Å²) in [6, 6.07) is 0. The first kappa shape index (κ1) is 16.5. The van der Waals surface area contributed by atoms with E-state index in [-0.39, 0.29) is 18.2 Å². The highest BCUT2D eigenvalue weighted by molar-refractivity contribution is 7.09. The standard InChI is InChI=1S/C16H19N5O2S/c1-11-20-12(10-24-11)8-14(22)21-7-3-4-16(21,15(23)17-2)13-9-18-5-6-19-13/h5-6,9-10H,3-4,7-8H2,1-2H3,(H,17,23)/t16-/m0/s1. The Morgan fingerprint density at radius 3 is 2.88 bits per heavy atom. The van der Waals surface area contributed by atoms with Gasteiger partial charge in [0.1, 0.15) is 0 Å². The number of aromatic nitrogens is 3. The van der Waals surface area contributed by atoms with Gasteiger partial charge in [-0.3, -0.25) is 19.6 Å². The molecule has 8 heteroatoms. The molecule has 1 fully saturated rings. The summed E-state index contributed by atoms with van der Waals surface area (Å²) in [7, 11) is 1.57. The number of aryl methyl sites for hydroxylation is 1. The third-order valence-corrected chi connectivity index (χ3v) is 5.09. The number of nitrogens with one attached hydrogen (secondary N) is 1. The van der Waals surface area contributed by atoms with Crippen molar-refractivity contribution in [1.29, 1.82) is 0 Å². The molecule has 1 saturated heterocycles. The second-order valence-electron chi connectivity index (χ2n) is 5.71. The summed E-state index contributed by atoms with van der Waals surface area (Å²) in [6.07, 6.45) is 6.13. The Bertz CT molecular complexity index is 748. The lowest BCUT2D eigenvalue weighted by atomic mass is 9.90. The fraction of sp³-hybridized carbons (Fsp3) is 0.438. The third-order valence-electron chi connectivity index (χ3n) is 4.27. The van der Waals surface area contributed by atoms with Crippen LogP contribution in [0.3, 0.4) is 0 Å². The first-order chi connectivity index (χ1) is 11.6. The van der Waals surface area contributed by atoms with E-state index < -0.39 is 5.54 Å². The summed E-state index contributed by atoms with van der Waals surface area (Å²) in [5.41, 5.74) is 0.148. The molecule has 0 bridgehead atoms. The van der Waals surface area contributed by atoms with Gasteiger partial charge in [-0.05, 0) is 19.8 Å². The Morgan fingerprint density at radius 2 is 2.25 bits per heavy atom. The van der Waals surface area contributed by atoms with E-state index in [1.807, 2.05) is 12.3 Å². The van der Waals surface area contributed by atoms with E-state index in [0.717, 1.165) is 17.1 Å². The van der Waals surface area contributed by atoms with E-state index in [1.165, 1.54) is 11.3 Å². The van der Waals surface area contributed by atoms with Crippen molar-refractivity contribution in [2.24, 2.45) is 0 Å². The zero-order valence-electron chi connectivity index (χ0n) is 13.7. The van der Waals surface area contributed by atoms with Crippen molar-refractivity contribution in [3.8, 4) is 0 Å². The molecule has 2 aromatic heterocycles. The summed E-state index contributed by atoms with van der Waals surface area (Å²) < 4.78 is 0. The van der Waals surface area contributed by atoms with Crippen LogP contribution in [0.5, 0.6) is 0 Å². The molecule has 0 unspecified atom stereocenters. The minimum absolute atomic E-state index is 0.118. The highest BCUT2D eigenvalue weighted by atomic mass is 32.1.